The zero-order valence-electron chi connectivity index (χ0n) is 13.7. The van der Waals surface area contributed by atoms with E-state index < -0.39 is 0 Å². The number of pyridine rings is 1. The second-order valence-corrected chi connectivity index (χ2v) is 7.62. The molecule has 128 valence electrons. The van der Waals surface area contributed by atoms with Crippen molar-refractivity contribution in [1.82, 2.24) is 4.98 Å². The van der Waals surface area contributed by atoms with Gasteiger partial charge >= 0.3 is 0 Å². The topological polar surface area (TPSA) is 55.1 Å². The van der Waals surface area contributed by atoms with E-state index in [1.54, 1.807) is 11.8 Å². The number of nitriles is 1. The van der Waals surface area contributed by atoms with Crippen molar-refractivity contribution in [2.75, 3.05) is 6.79 Å². The van der Waals surface area contributed by atoms with Crippen LogP contribution in [0.15, 0.2) is 23.2 Å². The Morgan fingerprint density at radius 1 is 1.20 bits per heavy atom. The molecule has 0 saturated carbocycles. The summed E-state index contributed by atoms with van der Waals surface area (Å²) in [4.78, 5) is 4.78. The van der Waals surface area contributed by atoms with E-state index in [-0.39, 0.29) is 6.79 Å². The summed E-state index contributed by atoms with van der Waals surface area (Å²) >= 11 is 7.79. The largest absolute Gasteiger partial charge is 0.467 e. The number of halogens is 1. The third kappa shape index (κ3) is 3.48. The molecule has 1 aromatic carbocycles. The van der Waals surface area contributed by atoms with E-state index in [0.29, 0.717) is 22.9 Å². The first kappa shape index (κ1) is 16.7. The summed E-state index contributed by atoms with van der Waals surface area (Å²) in [6.45, 7) is 0.765. The Morgan fingerprint density at radius 3 is 2.96 bits per heavy atom. The first-order valence-electron chi connectivity index (χ1n) is 8.32. The second kappa shape index (κ2) is 7.25. The third-order valence-corrected chi connectivity index (χ3v) is 5.76. The van der Waals surface area contributed by atoms with Gasteiger partial charge in [-0.05, 0) is 49.4 Å². The van der Waals surface area contributed by atoms with Crippen molar-refractivity contribution in [2.45, 2.75) is 43.1 Å². The standard InChI is InChI=1S/C19H17ClN2O2S/c20-16-6-14-9-23-11-24-18(14)15(7-16)10-25-19-13(8-21)5-12-3-1-2-4-17(12)22-19/h5-7H,1-4,9-11H2. The van der Waals surface area contributed by atoms with Gasteiger partial charge in [-0.1, -0.05) is 11.6 Å². The van der Waals surface area contributed by atoms with Gasteiger partial charge < -0.3 is 9.47 Å². The van der Waals surface area contributed by atoms with Crippen LogP contribution in [0.25, 0.3) is 0 Å². The maximum Gasteiger partial charge on any atom is 0.189 e. The monoisotopic (exact) mass is 372 g/mol. The molecule has 1 aliphatic heterocycles. The number of benzene rings is 1. The second-order valence-electron chi connectivity index (χ2n) is 6.22. The van der Waals surface area contributed by atoms with E-state index in [9.17, 15) is 5.26 Å². The molecule has 0 bridgehead atoms. The van der Waals surface area contributed by atoms with Crippen LogP contribution >= 0.6 is 23.4 Å². The number of ether oxygens (including phenoxy) is 2. The Labute approximate surface area is 156 Å². The lowest BCUT2D eigenvalue weighted by Gasteiger charge is -2.21. The van der Waals surface area contributed by atoms with E-state index >= 15 is 0 Å². The maximum atomic E-state index is 9.49. The molecule has 0 saturated heterocycles. The first-order valence-corrected chi connectivity index (χ1v) is 9.68. The quantitative estimate of drug-likeness (QED) is 0.734. The molecule has 2 aliphatic rings. The lowest BCUT2D eigenvalue weighted by atomic mass is 9.95. The van der Waals surface area contributed by atoms with Crippen molar-refractivity contribution in [3.8, 4) is 11.8 Å². The highest BCUT2D eigenvalue weighted by molar-refractivity contribution is 7.98. The Hall–Kier alpha value is -1.74. The van der Waals surface area contributed by atoms with E-state index in [1.807, 2.05) is 18.2 Å². The van der Waals surface area contributed by atoms with Gasteiger partial charge in [0, 0.05) is 27.6 Å². The molecule has 1 aromatic heterocycles. The highest BCUT2D eigenvalue weighted by Gasteiger charge is 2.19. The van der Waals surface area contributed by atoms with Gasteiger partial charge in [0.25, 0.3) is 0 Å². The fraction of sp³-hybridized carbons (Fsp3) is 0.368. The number of aromatic nitrogens is 1. The molecule has 0 amide bonds. The molecule has 4 nitrogen and oxygen atoms in total. The van der Waals surface area contributed by atoms with E-state index in [4.69, 9.17) is 26.1 Å². The van der Waals surface area contributed by atoms with Gasteiger partial charge in [-0.15, -0.1) is 11.8 Å². The van der Waals surface area contributed by atoms with Gasteiger partial charge in [0.2, 0.25) is 0 Å². The molecule has 0 spiro atoms. The number of fused-ring (bicyclic) bond motifs is 2. The van der Waals surface area contributed by atoms with Crippen molar-refractivity contribution >= 4 is 23.4 Å². The minimum Gasteiger partial charge on any atom is -0.467 e. The highest BCUT2D eigenvalue weighted by Crippen LogP contribution is 2.36. The van der Waals surface area contributed by atoms with Crippen LogP contribution in [-0.4, -0.2) is 11.8 Å². The molecule has 1 aliphatic carbocycles. The lowest BCUT2D eigenvalue weighted by Crippen LogP contribution is -2.13. The molecule has 0 fully saturated rings. The molecule has 0 radical (unpaired) electrons. The zero-order valence-corrected chi connectivity index (χ0v) is 15.3. The Bertz CT molecular complexity index is 863. The summed E-state index contributed by atoms with van der Waals surface area (Å²) in [5, 5.41) is 11.0. The molecule has 4 rings (SSSR count). The molecule has 0 unspecified atom stereocenters. The van der Waals surface area contributed by atoms with Crippen molar-refractivity contribution < 1.29 is 9.47 Å². The Morgan fingerprint density at radius 2 is 2.08 bits per heavy atom. The van der Waals surface area contributed by atoms with Crippen LogP contribution < -0.4 is 4.74 Å². The minimum absolute atomic E-state index is 0.257. The average molecular weight is 373 g/mol. The first-order chi connectivity index (χ1) is 12.2. The molecule has 2 aromatic rings. The number of rotatable bonds is 3. The number of thioether (sulfide) groups is 1. The van der Waals surface area contributed by atoms with Crippen LogP contribution in [0.2, 0.25) is 5.02 Å². The fourth-order valence-electron chi connectivity index (χ4n) is 3.31. The molecule has 6 heteroatoms. The van der Waals surface area contributed by atoms with Gasteiger partial charge in [0.1, 0.15) is 16.8 Å². The number of nitrogens with zero attached hydrogens (tertiary/aromatic N) is 2. The maximum absolute atomic E-state index is 9.49. The van der Waals surface area contributed by atoms with Crippen LogP contribution in [-0.2, 0) is 29.9 Å². The van der Waals surface area contributed by atoms with E-state index in [0.717, 1.165) is 40.4 Å². The Balaban J connectivity index is 1.62. The van der Waals surface area contributed by atoms with Crippen molar-refractivity contribution in [3.05, 3.63) is 51.2 Å². The summed E-state index contributed by atoms with van der Waals surface area (Å²) in [5.74, 6) is 1.50. The average Bonchev–Trinajstić information content (AvgIpc) is 2.65. The number of hydrogen-bond acceptors (Lipinski definition) is 5. The SMILES string of the molecule is N#Cc1cc2c(nc1SCc1cc(Cl)cc3c1OCOC3)CCCC2. The van der Waals surface area contributed by atoms with Crippen LogP contribution in [0.3, 0.4) is 0 Å². The van der Waals surface area contributed by atoms with E-state index in [2.05, 4.69) is 6.07 Å². The highest BCUT2D eigenvalue weighted by atomic mass is 35.5. The summed E-state index contributed by atoms with van der Waals surface area (Å²) in [6.07, 6.45) is 4.38. The molecular formula is C19H17ClN2O2S. The summed E-state index contributed by atoms with van der Waals surface area (Å²) < 4.78 is 11.0. The lowest BCUT2D eigenvalue weighted by molar-refractivity contribution is -0.0168. The molecule has 25 heavy (non-hydrogen) atoms. The summed E-state index contributed by atoms with van der Waals surface area (Å²) in [5.41, 5.74) is 5.01. The van der Waals surface area contributed by atoms with Crippen molar-refractivity contribution in [2.24, 2.45) is 0 Å². The number of hydrogen-bond donors (Lipinski definition) is 0. The normalized spacial score (nSPS) is 15.7. The predicted octanol–water partition coefficient (Wildman–Crippen LogP) is 4.64. The van der Waals surface area contributed by atoms with Gasteiger partial charge in [-0.25, -0.2) is 4.98 Å². The summed E-state index contributed by atoms with van der Waals surface area (Å²) in [6, 6.07) is 8.11. The van der Waals surface area contributed by atoms with Gasteiger partial charge in [-0.2, -0.15) is 5.26 Å². The molecule has 0 N–H and O–H groups in total. The van der Waals surface area contributed by atoms with Crippen LogP contribution in [0, 0.1) is 11.3 Å². The van der Waals surface area contributed by atoms with Crippen molar-refractivity contribution in [3.63, 3.8) is 0 Å². The third-order valence-electron chi connectivity index (χ3n) is 4.50. The summed E-state index contributed by atoms with van der Waals surface area (Å²) in [7, 11) is 0. The predicted molar refractivity (Wildman–Crippen MR) is 96.9 cm³/mol. The van der Waals surface area contributed by atoms with Crippen LogP contribution in [0.1, 0.15) is 40.8 Å². The van der Waals surface area contributed by atoms with Gasteiger partial charge in [0.15, 0.2) is 6.79 Å². The minimum atomic E-state index is 0.257. The number of aryl methyl sites for hydroxylation is 2. The Kier molecular flexibility index (Phi) is 4.85. The van der Waals surface area contributed by atoms with Gasteiger partial charge in [0.05, 0.1) is 12.2 Å². The smallest absolute Gasteiger partial charge is 0.189 e. The van der Waals surface area contributed by atoms with Crippen LogP contribution in [0.4, 0.5) is 0 Å². The zero-order chi connectivity index (χ0) is 17.2. The van der Waals surface area contributed by atoms with Gasteiger partial charge in [-0.3, -0.25) is 0 Å². The van der Waals surface area contributed by atoms with Crippen molar-refractivity contribution in [1.29, 1.82) is 5.26 Å². The molecule has 0 atom stereocenters. The van der Waals surface area contributed by atoms with E-state index in [1.165, 1.54) is 18.4 Å². The molecular weight excluding hydrogens is 356 g/mol. The fourth-order valence-corrected chi connectivity index (χ4v) is 4.52. The molecule has 2 heterocycles. The van der Waals surface area contributed by atoms with Crippen LogP contribution in [0.5, 0.6) is 5.75 Å².